The van der Waals surface area contributed by atoms with Crippen molar-refractivity contribution in [3.05, 3.63) is 29.3 Å². The average molecular weight is 289 g/mol. The Morgan fingerprint density at radius 2 is 2.40 bits per heavy atom. The molecule has 5 nitrogen and oxygen atoms in total. The van der Waals surface area contributed by atoms with E-state index in [2.05, 4.69) is 22.5 Å². The van der Waals surface area contributed by atoms with Crippen LogP contribution in [0.5, 0.6) is 0 Å². The highest BCUT2D eigenvalue weighted by atomic mass is 32.2. The van der Waals surface area contributed by atoms with E-state index in [0.29, 0.717) is 18.0 Å². The van der Waals surface area contributed by atoms with E-state index in [-0.39, 0.29) is 11.1 Å². The van der Waals surface area contributed by atoms with Gasteiger partial charge in [-0.1, -0.05) is 29.7 Å². The van der Waals surface area contributed by atoms with E-state index < -0.39 is 6.04 Å². The minimum Gasteiger partial charge on any atom is -0.334 e. The summed E-state index contributed by atoms with van der Waals surface area (Å²) in [5.74, 6) is 5.99. The second-order valence-corrected chi connectivity index (χ2v) is 5.31. The Hall–Kier alpha value is -1.97. The molecule has 1 heterocycles. The van der Waals surface area contributed by atoms with Gasteiger partial charge in [0.1, 0.15) is 6.04 Å². The summed E-state index contributed by atoms with van der Waals surface area (Å²) < 4.78 is 0. The van der Waals surface area contributed by atoms with Crippen molar-refractivity contribution in [2.75, 3.05) is 17.6 Å². The Kier molecular flexibility index (Phi) is 4.66. The van der Waals surface area contributed by atoms with Gasteiger partial charge < -0.3 is 16.4 Å². The molecule has 1 aliphatic rings. The molecule has 2 amide bonds. The Morgan fingerprint density at radius 1 is 1.60 bits per heavy atom. The molecule has 0 radical (unpaired) electrons. The maximum atomic E-state index is 12.0. The highest BCUT2D eigenvalue weighted by molar-refractivity contribution is 8.14. The van der Waals surface area contributed by atoms with Crippen molar-refractivity contribution in [2.24, 2.45) is 5.73 Å². The fourth-order valence-corrected chi connectivity index (χ4v) is 2.51. The van der Waals surface area contributed by atoms with Gasteiger partial charge in [0.05, 0.1) is 6.54 Å². The SMILES string of the molecule is Cc1ccc(NC(=O)C2CSC(=O)N2)cc1C#CCN. The lowest BCUT2D eigenvalue weighted by atomic mass is 10.1. The molecule has 20 heavy (non-hydrogen) atoms. The summed E-state index contributed by atoms with van der Waals surface area (Å²) in [7, 11) is 0. The first kappa shape index (κ1) is 14.4. The van der Waals surface area contributed by atoms with Gasteiger partial charge in [-0.15, -0.1) is 0 Å². The summed E-state index contributed by atoms with van der Waals surface area (Å²) in [6.45, 7) is 2.24. The molecular weight excluding hydrogens is 274 g/mol. The highest BCUT2D eigenvalue weighted by Crippen LogP contribution is 2.17. The number of amides is 2. The number of thioether (sulfide) groups is 1. The van der Waals surface area contributed by atoms with Gasteiger partial charge in [0.2, 0.25) is 5.91 Å². The maximum Gasteiger partial charge on any atom is 0.279 e. The van der Waals surface area contributed by atoms with Crippen LogP contribution in [-0.2, 0) is 4.79 Å². The zero-order valence-corrected chi connectivity index (χ0v) is 11.8. The highest BCUT2D eigenvalue weighted by Gasteiger charge is 2.27. The van der Waals surface area contributed by atoms with Crippen LogP contribution in [0.2, 0.25) is 0 Å². The van der Waals surface area contributed by atoms with Crippen molar-refractivity contribution in [3.63, 3.8) is 0 Å². The van der Waals surface area contributed by atoms with Crippen LogP contribution in [-0.4, -0.2) is 29.5 Å². The van der Waals surface area contributed by atoms with E-state index >= 15 is 0 Å². The van der Waals surface area contributed by atoms with Crippen LogP contribution in [0.4, 0.5) is 10.5 Å². The topological polar surface area (TPSA) is 84.2 Å². The number of nitrogens with two attached hydrogens (primary N) is 1. The van der Waals surface area contributed by atoms with Crippen molar-refractivity contribution in [2.45, 2.75) is 13.0 Å². The summed E-state index contributed by atoms with van der Waals surface area (Å²) in [4.78, 5) is 23.0. The monoisotopic (exact) mass is 289 g/mol. The van der Waals surface area contributed by atoms with E-state index in [1.165, 1.54) is 0 Å². The normalized spacial score (nSPS) is 17.1. The van der Waals surface area contributed by atoms with Crippen molar-refractivity contribution >= 4 is 28.6 Å². The Labute approximate surface area is 121 Å². The van der Waals surface area contributed by atoms with Gasteiger partial charge >= 0.3 is 0 Å². The molecule has 0 bridgehead atoms. The van der Waals surface area contributed by atoms with Crippen molar-refractivity contribution < 1.29 is 9.59 Å². The van der Waals surface area contributed by atoms with Gasteiger partial charge in [-0.25, -0.2) is 0 Å². The standard InChI is InChI=1S/C14H15N3O2S/c1-9-4-5-11(7-10(9)3-2-6-15)16-13(18)12-8-20-14(19)17-12/h4-5,7,12H,6,8,15H2,1H3,(H,16,18)(H,17,19). The van der Waals surface area contributed by atoms with Gasteiger partial charge in [-0.2, -0.15) is 0 Å². The van der Waals surface area contributed by atoms with Gasteiger partial charge in [-0.3, -0.25) is 9.59 Å². The molecule has 1 fully saturated rings. The smallest absolute Gasteiger partial charge is 0.279 e. The third kappa shape index (κ3) is 3.53. The molecule has 1 atom stereocenters. The van der Waals surface area contributed by atoms with E-state index in [1.54, 1.807) is 6.07 Å². The molecule has 6 heteroatoms. The largest absolute Gasteiger partial charge is 0.334 e. The zero-order chi connectivity index (χ0) is 14.5. The van der Waals surface area contributed by atoms with Crippen LogP contribution in [0.3, 0.4) is 0 Å². The molecule has 4 N–H and O–H groups in total. The first-order valence-corrected chi connectivity index (χ1v) is 7.12. The van der Waals surface area contributed by atoms with Crippen LogP contribution in [0, 0.1) is 18.8 Å². The number of rotatable bonds is 2. The van der Waals surface area contributed by atoms with E-state index in [4.69, 9.17) is 5.73 Å². The first-order valence-electron chi connectivity index (χ1n) is 6.14. The summed E-state index contributed by atoms with van der Waals surface area (Å²) in [6, 6.07) is 5.02. The predicted octanol–water partition coefficient (Wildman–Crippen LogP) is 1.07. The van der Waals surface area contributed by atoms with Crippen molar-refractivity contribution in [3.8, 4) is 11.8 Å². The molecule has 1 aromatic rings. The number of hydrogen-bond donors (Lipinski definition) is 3. The zero-order valence-electron chi connectivity index (χ0n) is 11.0. The number of carbonyl (C=O) groups is 2. The number of hydrogen-bond acceptors (Lipinski definition) is 4. The molecule has 0 spiro atoms. The van der Waals surface area contributed by atoms with Crippen molar-refractivity contribution in [1.82, 2.24) is 5.32 Å². The molecule has 104 valence electrons. The quantitative estimate of drug-likeness (QED) is 0.711. The van der Waals surface area contributed by atoms with Gasteiger partial charge in [0.25, 0.3) is 5.24 Å². The molecular formula is C14H15N3O2S. The Bertz CT molecular complexity index is 604. The van der Waals surface area contributed by atoms with Gasteiger partial charge in [0, 0.05) is 17.0 Å². The molecule has 1 unspecified atom stereocenters. The van der Waals surface area contributed by atoms with E-state index in [1.807, 2.05) is 19.1 Å². The van der Waals surface area contributed by atoms with Gasteiger partial charge in [-0.05, 0) is 24.6 Å². The third-order valence-electron chi connectivity index (χ3n) is 2.82. The maximum absolute atomic E-state index is 12.0. The molecule has 0 aromatic heterocycles. The summed E-state index contributed by atoms with van der Waals surface area (Å²) in [5, 5.41) is 5.22. The molecule has 0 aliphatic carbocycles. The molecule has 2 rings (SSSR count). The summed E-state index contributed by atoms with van der Waals surface area (Å²) in [5.41, 5.74) is 7.87. The summed E-state index contributed by atoms with van der Waals surface area (Å²) >= 11 is 1.11. The summed E-state index contributed by atoms with van der Waals surface area (Å²) in [6.07, 6.45) is 0. The van der Waals surface area contributed by atoms with Crippen LogP contribution >= 0.6 is 11.8 Å². The third-order valence-corrected chi connectivity index (χ3v) is 3.70. The lowest BCUT2D eigenvalue weighted by Crippen LogP contribution is -2.38. The second kappa shape index (κ2) is 6.46. The molecule has 1 saturated heterocycles. The number of anilines is 1. The molecule has 0 saturated carbocycles. The molecule has 1 aliphatic heterocycles. The lowest BCUT2D eigenvalue weighted by Gasteiger charge is -2.11. The number of aryl methyl sites for hydroxylation is 1. The number of carbonyl (C=O) groups excluding carboxylic acids is 2. The predicted molar refractivity (Wildman–Crippen MR) is 80.5 cm³/mol. The fourth-order valence-electron chi connectivity index (χ4n) is 1.74. The van der Waals surface area contributed by atoms with Crippen molar-refractivity contribution in [1.29, 1.82) is 0 Å². The minimum absolute atomic E-state index is 0.163. The van der Waals surface area contributed by atoms with Gasteiger partial charge in [0.15, 0.2) is 0 Å². The first-order chi connectivity index (χ1) is 9.60. The van der Waals surface area contributed by atoms with Crippen LogP contribution in [0.15, 0.2) is 18.2 Å². The van der Waals surface area contributed by atoms with Crippen LogP contribution in [0.1, 0.15) is 11.1 Å². The lowest BCUT2D eigenvalue weighted by molar-refractivity contribution is -0.117. The Morgan fingerprint density at radius 3 is 3.05 bits per heavy atom. The Balaban J connectivity index is 2.09. The number of benzene rings is 1. The van der Waals surface area contributed by atoms with Crippen LogP contribution < -0.4 is 16.4 Å². The van der Waals surface area contributed by atoms with E-state index in [0.717, 1.165) is 22.9 Å². The second-order valence-electron chi connectivity index (χ2n) is 4.32. The van der Waals surface area contributed by atoms with Crippen LogP contribution in [0.25, 0.3) is 0 Å². The average Bonchev–Trinajstić information content (AvgIpc) is 2.86. The minimum atomic E-state index is -0.479. The molecule has 1 aromatic carbocycles. The fraction of sp³-hybridized carbons (Fsp3) is 0.286. The van der Waals surface area contributed by atoms with E-state index in [9.17, 15) is 9.59 Å². The number of nitrogens with one attached hydrogen (secondary N) is 2.